The Labute approximate surface area is 517 Å². The predicted molar refractivity (Wildman–Crippen MR) is 313 cm³/mol. The lowest BCUT2D eigenvalue weighted by atomic mass is 9.53. The molecule has 2 saturated carbocycles. The second kappa shape index (κ2) is 26.7. The third-order valence-corrected chi connectivity index (χ3v) is 18.9. The minimum atomic E-state index is -5.83. The van der Waals surface area contributed by atoms with Crippen molar-refractivity contribution in [1.82, 2.24) is 19.4 Å². The number of likely N-dealkylation sites (tertiary alicyclic amines) is 2. The van der Waals surface area contributed by atoms with Gasteiger partial charge in [-0.05, 0) is 166 Å². The maximum atomic E-state index is 14.7. The lowest BCUT2D eigenvalue weighted by Crippen LogP contribution is -2.74. The topological polar surface area (TPSA) is 287 Å². The van der Waals surface area contributed by atoms with Crippen molar-refractivity contribution >= 4 is 77.6 Å². The van der Waals surface area contributed by atoms with Crippen molar-refractivity contribution in [2.24, 2.45) is 5.41 Å². The Bertz CT molecular complexity index is 4210. The number of carboxylic acids is 2. The number of nitrogens with two attached hydrogens (primary N) is 2. The molecule has 4 aliphatic rings. The molecule has 2 saturated heterocycles. The number of hydrogen-bond donors (Lipinski definition) is 6. The molecule has 1 amide bonds. The Balaban J connectivity index is 0.000000214. The van der Waals surface area contributed by atoms with E-state index in [4.69, 9.17) is 26.7 Å². The molecule has 2 aliphatic heterocycles. The number of hydrogen-bond acceptors (Lipinski definition) is 13. The maximum absolute atomic E-state index is 14.7. The number of sulfonamides is 2. The van der Waals surface area contributed by atoms with E-state index in [-0.39, 0.29) is 33.9 Å². The fraction of sp³-hybridized carbons (Fsp3) is 0.317. The van der Waals surface area contributed by atoms with Crippen LogP contribution in [0.4, 0.5) is 71.0 Å². The summed E-state index contributed by atoms with van der Waals surface area (Å²) in [6, 6.07) is 27.8. The van der Waals surface area contributed by atoms with Gasteiger partial charge in [0.2, 0.25) is 0 Å². The molecule has 4 unspecified atom stereocenters. The summed E-state index contributed by atoms with van der Waals surface area (Å²) >= 11 is 0. The normalized spacial score (nSPS) is 19.1. The third kappa shape index (κ3) is 14.5. The van der Waals surface area contributed by atoms with E-state index in [1.54, 1.807) is 17.0 Å². The Kier molecular flexibility index (Phi) is 20.0. The van der Waals surface area contributed by atoms with Crippen LogP contribution in [0, 0.1) is 41.4 Å². The summed E-state index contributed by atoms with van der Waals surface area (Å²) in [5.41, 5.74) is -0.400. The van der Waals surface area contributed by atoms with Crippen molar-refractivity contribution in [3.05, 3.63) is 184 Å². The maximum Gasteiger partial charge on any atom is 0.516 e. The molecule has 1 spiro atoms. The Morgan fingerprint density at radius 2 is 1.16 bits per heavy atom. The highest BCUT2D eigenvalue weighted by molar-refractivity contribution is 7.93. The molecule has 1 aromatic heterocycles. The van der Waals surface area contributed by atoms with Gasteiger partial charge in [0.15, 0.2) is 0 Å². The molecule has 2 aliphatic carbocycles. The van der Waals surface area contributed by atoms with Crippen LogP contribution in [0.2, 0.25) is 0 Å². The average Bonchev–Trinajstić information content (AvgIpc) is 1.44. The molecule has 0 radical (unpaired) electrons. The number of carbonyl (C=O) groups is 4. The highest BCUT2D eigenvalue weighted by Gasteiger charge is 2.69. The Morgan fingerprint density at radius 1 is 0.652 bits per heavy atom. The smallest absolute Gasteiger partial charge is 0.478 e. The number of fused-ring (bicyclic) bond motifs is 1. The number of para-hydroxylation sites is 2. The number of esters is 1. The van der Waals surface area contributed by atoms with Crippen molar-refractivity contribution in [2.45, 2.75) is 86.4 Å². The minimum absolute atomic E-state index is 0.0163. The number of methoxy groups -OCH3 is 1. The van der Waals surface area contributed by atoms with Crippen LogP contribution < -0.4 is 20.9 Å². The number of imidazole rings is 1. The number of anilines is 4. The second-order valence-corrected chi connectivity index (χ2v) is 25.4. The predicted octanol–water partition coefficient (Wildman–Crippen LogP) is 11.4. The van der Waals surface area contributed by atoms with Gasteiger partial charge in [-0.2, -0.15) is 43.2 Å². The molecule has 0 bridgehead atoms. The summed E-state index contributed by atoms with van der Waals surface area (Å²) in [6.07, 6.45) is 6.46. The molecule has 19 nitrogen and oxygen atoms in total. The van der Waals surface area contributed by atoms with Crippen molar-refractivity contribution in [1.29, 1.82) is 0 Å². The molecule has 4 fully saturated rings. The Hall–Kier alpha value is -9.04. The zero-order valence-electron chi connectivity index (χ0n) is 48.3. The molecule has 11 rings (SSSR count). The SMILES string of the molecule is COC(=O)c1ccc(N)c(F)c1.Cc1nc2ccccc2n1C1CC2N(CCC3(c4cccc(F)c4)CCN(C(=O)c4ccc(NS(=O)(=O)C(F)(F)F)c(F)c4)CC3)C3CCC32C1.Nc1ccc(C(=O)O)cc1F.O=C(O)c1ccc(NS(=O)(=O)C(F)(F)F)c(F)c1. The zero-order valence-corrected chi connectivity index (χ0v) is 50.0. The number of aryl methyl sites for hydroxylation is 1. The number of nitrogen functional groups attached to an aromatic ring is 2. The largest absolute Gasteiger partial charge is 0.516 e. The second-order valence-electron chi connectivity index (χ2n) is 22.1. The van der Waals surface area contributed by atoms with E-state index in [0.717, 1.165) is 90.3 Å². The van der Waals surface area contributed by atoms with Gasteiger partial charge >= 0.3 is 49.0 Å². The van der Waals surface area contributed by atoms with Crippen LogP contribution in [0.5, 0.6) is 0 Å². The molecule has 8 N–H and O–H groups in total. The first-order chi connectivity index (χ1) is 43.0. The van der Waals surface area contributed by atoms with E-state index in [1.165, 1.54) is 54.1 Å². The number of alkyl halides is 6. The highest BCUT2D eigenvalue weighted by atomic mass is 32.2. The monoisotopic (exact) mass is 1340 g/mol. The number of aromatic nitrogens is 2. The average molecular weight is 1340 g/mol. The number of ether oxygens (including phenoxy) is 1. The first kappa shape index (κ1) is 68.9. The van der Waals surface area contributed by atoms with E-state index < -0.39 is 101 Å². The van der Waals surface area contributed by atoms with Crippen molar-refractivity contribution in [2.75, 3.05) is 47.7 Å². The first-order valence-corrected chi connectivity index (χ1v) is 30.7. The summed E-state index contributed by atoms with van der Waals surface area (Å²) in [5, 5.41) is 16.9. The number of rotatable bonds is 13. The number of nitrogens with zero attached hydrogens (tertiary/aromatic N) is 4. The van der Waals surface area contributed by atoms with Gasteiger partial charge in [0.25, 0.3) is 5.91 Å². The Morgan fingerprint density at radius 3 is 1.66 bits per heavy atom. The first-order valence-electron chi connectivity index (χ1n) is 27.7. The number of carbonyl (C=O) groups excluding carboxylic acids is 2. The zero-order chi connectivity index (χ0) is 67.6. The number of carboxylic acid groups (broad SMARTS) is 2. The van der Waals surface area contributed by atoms with E-state index >= 15 is 0 Å². The van der Waals surface area contributed by atoms with Crippen LogP contribution in [0.15, 0.2) is 121 Å². The molecule has 3 heterocycles. The van der Waals surface area contributed by atoms with Gasteiger partial charge in [0, 0.05) is 42.2 Å². The molecule has 6 aromatic carbocycles. The third-order valence-electron chi connectivity index (χ3n) is 16.8. The summed E-state index contributed by atoms with van der Waals surface area (Å²) < 4.78 is 195. The van der Waals surface area contributed by atoms with Crippen LogP contribution in [0.25, 0.3) is 11.0 Å². The summed E-state index contributed by atoms with van der Waals surface area (Å²) in [7, 11) is -10.3. The van der Waals surface area contributed by atoms with E-state index in [9.17, 15) is 84.3 Å². The number of halogens is 11. The molecule has 492 valence electrons. The van der Waals surface area contributed by atoms with E-state index in [0.29, 0.717) is 61.6 Å². The fourth-order valence-electron chi connectivity index (χ4n) is 12.1. The van der Waals surface area contributed by atoms with Gasteiger partial charge in [0.1, 0.15) is 34.9 Å². The standard InChI is InChI=1S/C37H38F5N5O3S.C8H5F4NO4S.C8H8FNO2.C7H6FNO2/c1-23-43-30-7-2-3-8-31(30)47(23)27-21-33-36(22-27)12-11-32(36)46(33)18-15-35(25-5-4-6-26(38)20-25)13-16-45(17-14-35)34(48)24-9-10-29(28(39)19-24)44-51(49,50)37(40,41)42;9-5-3-4(7(14)15)1-2-6(5)13-18(16,17)8(10,11)12;1-12-8(11)5-2-3-7(10)6(9)4-5;8-5-3-4(7(10)11)1-2-6(5)9/h2-10,19-20,27,32-33,44H,11-18,21-22H2,1H3;1-3,13H,(H,14,15);2-4H,10H2,1H3;1-3H,9H2,(H,10,11). The van der Waals surface area contributed by atoms with Crippen LogP contribution in [0.1, 0.15) is 104 Å². The van der Waals surface area contributed by atoms with E-state index in [1.807, 2.05) is 12.1 Å². The quantitative estimate of drug-likeness (QED) is 0.0355. The summed E-state index contributed by atoms with van der Waals surface area (Å²) in [5.74, 6) is -7.09. The van der Waals surface area contributed by atoms with Gasteiger partial charge in [0.05, 0.1) is 57.6 Å². The van der Waals surface area contributed by atoms with Gasteiger partial charge in [-0.25, -0.2) is 41.3 Å². The number of benzene rings is 6. The number of aromatic carboxylic acids is 2. The van der Waals surface area contributed by atoms with Gasteiger partial charge < -0.3 is 35.9 Å². The summed E-state index contributed by atoms with van der Waals surface area (Å²) in [6.45, 7) is 3.55. The highest BCUT2D eigenvalue weighted by Crippen LogP contribution is 2.68. The molecular formula is C60H57F11N8O11S2. The van der Waals surface area contributed by atoms with Crippen molar-refractivity contribution < 1.29 is 99.3 Å². The van der Waals surface area contributed by atoms with Gasteiger partial charge in [-0.3, -0.25) is 19.1 Å². The van der Waals surface area contributed by atoms with Crippen LogP contribution in [-0.4, -0.2) is 120 Å². The van der Waals surface area contributed by atoms with Gasteiger partial charge in [-0.15, -0.1) is 0 Å². The molecular weight excluding hydrogens is 1280 g/mol. The number of piperidine rings is 2. The lowest BCUT2D eigenvalue weighted by molar-refractivity contribution is -0.190. The van der Waals surface area contributed by atoms with Crippen LogP contribution in [-0.2, 0) is 30.2 Å². The molecule has 4 atom stereocenters. The van der Waals surface area contributed by atoms with Crippen LogP contribution in [0.3, 0.4) is 0 Å². The summed E-state index contributed by atoms with van der Waals surface area (Å²) in [4.78, 5) is 54.0. The fourth-order valence-corrected chi connectivity index (χ4v) is 13.3. The number of amides is 1. The van der Waals surface area contributed by atoms with Gasteiger partial charge in [-0.1, -0.05) is 24.3 Å². The van der Waals surface area contributed by atoms with Crippen molar-refractivity contribution in [3.63, 3.8) is 0 Å². The van der Waals surface area contributed by atoms with Crippen molar-refractivity contribution in [3.8, 4) is 0 Å². The van der Waals surface area contributed by atoms with E-state index in [2.05, 4.69) is 39.3 Å². The number of nitrogens with one attached hydrogen (secondary N) is 2. The lowest BCUT2D eigenvalue weighted by Gasteiger charge is -2.69. The minimum Gasteiger partial charge on any atom is -0.478 e. The molecule has 32 heteroatoms. The molecule has 7 aromatic rings. The molecule has 92 heavy (non-hydrogen) atoms. The van der Waals surface area contributed by atoms with Crippen LogP contribution >= 0.6 is 0 Å².